The molecule has 6 nitrogen and oxygen atoms in total. The molecule has 0 bridgehead atoms. The normalized spacial score (nSPS) is 22.9. The summed E-state index contributed by atoms with van der Waals surface area (Å²) < 4.78 is 11.0. The summed E-state index contributed by atoms with van der Waals surface area (Å²) in [6.45, 7) is 8.75. The summed E-state index contributed by atoms with van der Waals surface area (Å²) in [6, 6.07) is 5.98. The molecule has 3 atom stereocenters. The van der Waals surface area contributed by atoms with E-state index in [1.54, 1.807) is 18.2 Å². The van der Waals surface area contributed by atoms with Crippen LogP contribution in [0.3, 0.4) is 0 Å². The van der Waals surface area contributed by atoms with E-state index in [4.69, 9.17) is 9.47 Å². The minimum absolute atomic E-state index is 0.0459. The first-order valence-corrected chi connectivity index (χ1v) is 7.98. The average Bonchev–Trinajstić information content (AvgIpc) is 2.89. The number of carbonyl (C=O) groups excluding carboxylic acids is 1. The van der Waals surface area contributed by atoms with Gasteiger partial charge in [-0.05, 0) is 39.8 Å². The molecule has 23 heavy (non-hydrogen) atoms. The molecular weight excluding hydrogens is 294 g/mol. The van der Waals surface area contributed by atoms with Crippen LogP contribution >= 0.6 is 0 Å². The van der Waals surface area contributed by atoms with E-state index in [0.29, 0.717) is 13.1 Å². The van der Waals surface area contributed by atoms with Gasteiger partial charge in [-0.25, -0.2) is 4.79 Å². The molecule has 0 aromatic carbocycles. The molecule has 1 N–H and O–H groups in total. The largest absolute Gasteiger partial charge is 0.444 e. The summed E-state index contributed by atoms with van der Waals surface area (Å²) in [6.07, 6.45) is 1.42. The predicted octanol–water partition coefficient (Wildman–Crippen LogP) is 2.37. The molecule has 1 amide bonds. The smallest absolute Gasteiger partial charge is 0.410 e. The molecule has 1 aliphatic heterocycles. The Hall–Kier alpha value is -1.66. The predicted molar refractivity (Wildman–Crippen MR) is 88.2 cm³/mol. The van der Waals surface area contributed by atoms with E-state index in [-0.39, 0.29) is 24.3 Å². The Kier molecular flexibility index (Phi) is 5.59. The lowest BCUT2D eigenvalue weighted by atomic mass is 10.1. The van der Waals surface area contributed by atoms with Crippen molar-refractivity contribution in [3.05, 3.63) is 30.1 Å². The van der Waals surface area contributed by atoms with Gasteiger partial charge >= 0.3 is 6.09 Å². The first kappa shape index (κ1) is 17.7. The zero-order chi connectivity index (χ0) is 17.0. The van der Waals surface area contributed by atoms with Crippen LogP contribution in [0.2, 0.25) is 0 Å². The van der Waals surface area contributed by atoms with Crippen LogP contribution in [-0.4, -0.2) is 53.9 Å². The fraction of sp³-hybridized carbons (Fsp3) is 0.647. The molecule has 0 aliphatic carbocycles. The average molecular weight is 321 g/mol. The number of nitrogens with one attached hydrogen (secondary N) is 1. The van der Waals surface area contributed by atoms with Gasteiger partial charge in [0.05, 0.1) is 24.4 Å². The fourth-order valence-corrected chi connectivity index (χ4v) is 2.69. The Morgan fingerprint density at radius 3 is 2.70 bits per heavy atom. The maximum atomic E-state index is 12.2. The zero-order valence-corrected chi connectivity index (χ0v) is 14.6. The molecule has 2 unspecified atom stereocenters. The third kappa shape index (κ3) is 4.91. The number of amides is 1. The molecule has 0 saturated carbocycles. The zero-order valence-electron chi connectivity index (χ0n) is 14.6. The van der Waals surface area contributed by atoms with E-state index in [1.807, 2.05) is 39.0 Å². The van der Waals surface area contributed by atoms with Crippen molar-refractivity contribution >= 4 is 6.09 Å². The summed E-state index contributed by atoms with van der Waals surface area (Å²) >= 11 is 0. The van der Waals surface area contributed by atoms with Gasteiger partial charge in [0.15, 0.2) is 0 Å². The number of ether oxygens (including phenoxy) is 2. The molecule has 0 radical (unpaired) electrons. The lowest BCUT2D eigenvalue weighted by Gasteiger charge is -2.24. The lowest BCUT2D eigenvalue weighted by molar-refractivity contribution is 0.0252. The molecule has 6 heteroatoms. The molecule has 1 fully saturated rings. The van der Waals surface area contributed by atoms with Crippen LogP contribution in [0, 0.1) is 0 Å². The Morgan fingerprint density at radius 2 is 2.13 bits per heavy atom. The monoisotopic (exact) mass is 321 g/mol. The Labute approximate surface area is 138 Å². The fourth-order valence-electron chi connectivity index (χ4n) is 2.69. The SMILES string of the molecule is CO[C@H]1CN(C(=O)OC(C)(C)C)CC1NC(C)c1ccccn1. The van der Waals surface area contributed by atoms with Crippen LogP contribution in [0.25, 0.3) is 0 Å². The van der Waals surface area contributed by atoms with Crippen LogP contribution in [0.4, 0.5) is 4.79 Å². The van der Waals surface area contributed by atoms with Crippen molar-refractivity contribution in [3.63, 3.8) is 0 Å². The summed E-state index contributed by atoms with van der Waals surface area (Å²) in [5.41, 5.74) is 0.477. The third-order valence-corrected chi connectivity index (χ3v) is 3.82. The number of aromatic nitrogens is 1. The molecule has 1 saturated heterocycles. The number of rotatable bonds is 4. The van der Waals surface area contributed by atoms with Crippen LogP contribution in [0.15, 0.2) is 24.4 Å². The summed E-state index contributed by atoms with van der Waals surface area (Å²) in [4.78, 5) is 18.3. The second-order valence-electron chi connectivity index (χ2n) is 6.91. The third-order valence-electron chi connectivity index (χ3n) is 3.82. The number of hydrogen-bond donors (Lipinski definition) is 1. The van der Waals surface area contributed by atoms with Crippen molar-refractivity contribution in [2.24, 2.45) is 0 Å². The van der Waals surface area contributed by atoms with Crippen molar-refractivity contribution < 1.29 is 14.3 Å². The highest BCUT2D eigenvalue weighted by atomic mass is 16.6. The Balaban J connectivity index is 1.98. The number of nitrogens with zero attached hydrogens (tertiary/aromatic N) is 2. The number of carbonyl (C=O) groups is 1. The number of hydrogen-bond acceptors (Lipinski definition) is 5. The molecule has 1 aliphatic rings. The number of methoxy groups -OCH3 is 1. The van der Waals surface area contributed by atoms with Crippen LogP contribution in [0.5, 0.6) is 0 Å². The van der Waals surface area contributed by atoms with Crippen molar-refractivity contribution in [3.8, 4) is 0 Å². The Bertz CT molecular complexity index is 516. The molecular formula is C17H27N3O3. The second kappa shape index (κ2) is 7.27. The maximum Gasteiger partial charge on any atom is 0.410 e. The van der Waals surface area contributed by atoms with Crippen molar-refractivity contribution in [2.75, 3.05) is 20.2 Å². The summed E-state index contributed by atoms with van der Waals surface area (Å²) in [5, 5.41) is 3.51. The van der Waals surface area contributed by atoms with E-state index in [1.165, 1.54) is 0 Å². The number of pyridine rings is 1. The quantitative estimate of drug-likeness (QED) is 0.922. The van der Waals surface area contributed by atoms with Gasteiger partial charge in [-0.15, -0.1) is 0 Å². The van der Waals surface area contributed by atoms with Gasteiger partial charge in [0, 0.05) is 25.9 Å². The standard InChI is InChI=1S/C17H27N3O3/c1-12(13-8-6-7-9-18-13)19-14-10-20(11-15(14)22-5)16(21)23-17(2,3)4/h6-9,12,14-15,19H,10-11H2,1-5H3/t12?,14?,15-/m0/s1. The molecule has 1 aromatic rings. The van der Waals surface area contributed by atoms with Gasteiger partial charge in [-0.2, -0.15) is 0 Å². The van der Waals surface area contributed by atoms with Crippen LogP contribution in [0.1, 0.15) is 39.4 Å². The van der Waals surface area contributed by atoms with Crippen molar-refractivity contribution in [1.82, 2.24) is 15.2 Å². The first-order chi connectivity index (χ1) is 10.8. The molecule has 2 heterocycles. The van der Waals surface area contributed by atoms with Crippen LogP contribution in [-0.2, 0) is 9.47 Å². The van der Waals surface area contributed by atoms with Gasteiger partial charge in [0.2, 0.25) is 0 Å². The molecule has 2 rings (SSSR count). The maximum absolute atomic E-state index is 12.2. The van der Waals surface area contributed by atoms with Gasteiger partial charge < -0.3 is 19.7 Å². The van der Waals surface area contributed by atoms with E-state index >= 15 is 0 Å². The van der Waals surface area contributed by atoms with Gasteiger partial charge in [-0.3, -0.25) is 4.98 Å². The summed E-state index contributed by atoms with van der Waals surface area (Å²) in [5.74, 6) is 0. The Morgan fingerprint density at radius 1 is 1.39 bits per heavy atom. The molecule has 128 valence electrons. The van der Waals surface area contributed by atoms with Gasteiger partial charge in [0.25, 0.3) is 0 Å². The minimum Gasteiger partial charge on any atom is -0.444 e. The van der Waals surface area contributed by atoms with Crippen LogP contribution < -0.4 is 5.32 Å². The first-order valence-electron chi connectivity index (χ1n) is 7.98. The molecule has 0 spiro atoms. The number of likely N-dealkylation sites (tertiary alicyclic amines) is 1. The van der Waals surface area contributed by atoms with Gasteiger partial charge in [0.1, 0.15) is 5.60 Å². The van der Waals surface area contributed by atoms with E-state index < -0.39 is 5.60 Å². The topological polar surface area (TPSA) is 63.7 Å². The van der Waals surface area contributed by atoms with E-state index in [9.17, 15) is 4.79 Å². The molecule has 1 aromatic heterocycles. The van der Waals surface area contributed by atoms with Crippen molar-refractivity contribution in [1.29, 1.82) is 0 Å². The second-order valence-corrected chi connectivity index (χ2v) is 6.91. The highest BCUT2D eigenvalue weighted by molar-refractivity contribution is 5.68. The van der Waals surface area contributed by atoms with Crippen molar-refractivity contribution in [2.45, 2.75) is 51.5 Å². The van der Waals surface area contributed by atoms with E-state index in [2.05, 4.69) is 17.2 Å². The van der Waals surface area contributed by atoms with E-state index in [0.717, 1.165) is 5.69 Å². The van der Waals surface area contributed by atoms with Gasteiger partial charge in [-0.1, -0.05) is 6.07 Å². The lowest BCUT2D eigenvalue weighted by Crippen LogP contribution is -2.42. The highest BCUT2D eigenvalue weighted by Crippen LogP contribution is 2.20. The minimum atomic E-state index is -0.494. The summed E-state index contributed by atoms with van der Waals surface area (Å²) in [7, 11) is 1.67. The highest BCUT2D eigenvalue weighted by Gasteiger charge is 2.37.